The van der Waals surface area contributed by atoms with Crippen LogP contribution in [0.2, 0.25) is 5.02 Å². The van der Waals surface area contributed by atoms with Gasteiger partial charge in [-0.2, -0.15) is 5.10 Å². The number of hydrogen-bond acceptors (Lipinski definition) is 4. The summed E-state index contributed by atoms with van der Waals surface area (Å²) in [5.41, 5.74) is 4.58. The Labute approximate surface area is 125 Å². The molecule has 3 rings (SSSR count). The van der Waals surface area contributed by atoms with E-state index in [9.17, 15) is 4.79 Å². The monoisotopic (exact) mass is 298 g/mol. The number of hydrogen-bond donors (Lipinski definition) is 2. The van der Waals surface area contributed by atoms with Gasteiger partial charge in [0.1, 0.15) is 0 Å². The van der Waals surface area contributed by atoms with Gasteiger partial charge in [-0.05, 0) is 29.8 Å². The van der Waals surface area contributed by atoms with E-state index in [0.717, 1.165) is 5.56 Å². The highest BCUT2D eigenvalue weighted by atomic mass is 35.5. The fraction of sp³-hybridized carbons (Fsp3) is 0. The molecule has 0 atom stereocenters. The Morgan fingerprint density at radius 2 is 1.90 bits per heavy atom. The zero-order valence-electron chi connectivity index (χ0n) is 10.9. The lowest BCUT2D eigenvalue weighted by atomic mass is 10.2. The van der Waals surface area contributed by atoms with Gasteiger partial charge in [0, 0.05) is 5.02 Å². The molecular weight excluding hydrogens is 288 g/mol. The van der Waals surface area contributed by atoms with Crippen LogP contribution in [0.5, 0.6) is 0 Å². The number of H-pyrrole nitrogens is 1. The third-order valence-corrected chi connectivity index (χ3v) is 3.11. The molecule has 0 amide bonds. The smallest absolute Gasteiger partial charge is 0.293 e. The van der Waals surface area contributed by atoms with Crippen LogP contribution >= 0.6 is 11.6 Å². The number of aromatic amines is 1. The molecule has 0 saturated carbocycles. The molecule has 0 saturated heterocycles. The molecule has 104 valence electrons. The van der Waals surface area contributed by atoms with E-state index in [1.165, 1.54) is 0 Å². The zero-order chi connectivity index (χ0) is 14.7. The van der Waals surface area contributed by atoms with E-state index in [2.05, 4.69) is 20.5 Å². The highest BCUT2D eigenvalue weighted by molar-refractivity contribution is 6.30. The Morgan fingerprint density at radius 1 is 1.14 bits per heavy atom. The van der Waals surface area contributed by atoms with E-state index in [-0.39, 0.29) is 11.4 Å². The van der Waals surface area contributed by atoms with E-state index in [0.29, 0.717) is 16.1 Å². The lowest BCUT2D eigenvalue weighted by Crippen LogP contribution is -2.13. The van der Waals surface area contributed by atoms with Crippen LogP contribution in [-0.2, 0) is 0 Å². The zero-order valence-corrected chi connectivity index (χ0v) is 11.6. The van der Waals surface area contributed by atoms with Gasteiger partial charge in [-0.25, -0.2) is 4.98 Å². The van der Waals surface area contributed by atoms with Gasteiger partial charge in [0.05, 0.1) is 17.2 Å². The van der Waals surface area contributed by atoms with Gasteiger partial charge in [0.25, 0.3) is 5.56 Å². The highest BCUT2D eigenvalue weighted by Gasteiger charge is 2.02. The Hall–Kier alpha value is -2.66. The Kier molecular flexibility index (Phi) is 3.66. The minimum Gasteiger partial charge on any atom is -0.317 e. The number of benzene rings is 2. The first-order valence-electron chi connectivity index (χ1n) is 6.26. The van der Waals surface area contributed by atoms with Crippen LogP contribution in [0, 0.1) is 0 Å². The van der Waals surface area contributed by atoms with Crippen molar-refractivity contribution in [1.82, 2.24) is 9.97 Å². The van der Waals surface area contributed by atoms with Crippen LogP contribution in [0.1, 0.15) is 5.56 Å². The number of para-hydroxylation sites is 2. The van der Waals surface area contributed by atoms with Crippen molar-refractivity contribution in [1.29, 1.82) is 0 Å². The van der Waals surface area contributed by atoms with Crippen LogP contribution < -0.4 is 11.0 Å². The molecule has 0 unspecified atom stereocenters. The minimum absolute atomic E-state index is 0.152. The lowest BCUT2D eigenvalue weighted by molar-refractivity contribution is 1.17. The van der Waals surface area contributed by atoms with Crippen molar-refractivity contribution < 1.29 is 0 Å². The van der Waals surface area contributed by atoms with Crippen molar-refractivity contribution in [2.45, 2.75) is 0 Å². The molecule has 5 nitrogen and oxygen atoms in total. The molecule has 0 aliphatic heterocycles. The molecular formula is C15H11ClN4O. The predicted octanol–water partition coefficient (Wildman–Crippen LogP) is 3.02. The normalized spacial score (nSPS) is 11.1. The van der Waals surface area contributed by atoms with Gasteiger partial charge in [0.15, 0.2) is 0 Å². The largest absolute Gasteiger partial charge is 0.317 e. The van der Waals surface area contributed by atoms with Crippen molar-refractivity contribution in [3.05, 3.63) is 69.5 Å². The second-order valence-corrected chi connectivity index (χ2v) is 4.79. The second-order valence-electron chi connectivity index (χ2n) is 4.35. The van der Waals surface area contributed by atoms with E-state index in [1.54, 1.807) is 24.4 Å². The molecule has 1 heterocycles. The number of anilines is 1. The van der Waals surface area contributed by atoms with E-state index in [4.69, 9.17) is 11.6 Å². The quantitative estimate of drug-likeness (QED) is 0.577. The lowest BCUT2D eigenvalue weighted by Gasteiger charge is -2.01. The fourth-order valence-electron chi connectivity index (χ4n) is 1.82. The van der Waals surface area contributed by atoms with Gasteiger partial charge < -0.3 is 4.98 Å². The van der Waals surface area contributed by atoms with E-state index < -0.39 is 0 Å². The molecule has 21 heavy (non-hydrogen) atoms. The third kappa shape index (κ3) is 3.09. The Bertz CT molecular complexity index is 855. The van der Waals surface area contributed by atoms with Gasteiger partial charge in [0.2, 0.25) is 5.82 Å². The molecule has 0 spiro atoms. The molecule has 0 radical (unpaired) electrons. The number of aromatic nitrogens is 2. The van der Waals surface area contributed by atoms with Crippen LogP contribution in [0.25, 0.3) is 11.0 Å². The average molecular weight is 299 g/mol. The van der Waals surface area contributed by atoms with Crippen LogP contribution in [0.3, 0.4) is 0 Å². The minimum atomic E-state index is -0.318. The van der Waals surface area contributed by atoms with E-state index in [1.807, 2.05) is 30.3 Å². The number of nitrogens with zero attached hydrogens (tertiary/aromatic N) is 2. The van der Waals surface area contributed by atoms with Crippen molar-refractivity contribution in [2.24, 2.45) is 5.10 Å². The summed E-state index contributed by atoms with van der Waals surface area (Å²) in [7, 11) is 0. The molecule has 0 aliphatic carbocycles. The summed E-state index contributed by atoms with van der Waals surface area (Å²) in [6.45, 7) is 0. The molecule has 3 aromatic rings. The van der Waals surface area contributed by atoms with Crippen molar-refractivity contribution >= 4 is 34.7 Å². The Balaban J connectivity index is 1.83. The summed E-state index contributed by atoms with van der Waals surface area (Å²) >= 11 is 5.80. The summed E-state index contributed by atoms with van der Waals surface area (Å²) in [5, 5.41) is 4.67. The first-order chi connectivity index (χ1) is 10.2. The first kappa shape index (κ1) is 13.3. The predicted molar refractivity (Wildman–Crippen MR) is 85.0 cm³/mol. The van der Waals surface area contributed by atoms with Gasteiger partial charge >= 0.3 is 0 Å². The highest BCUT2D eigenvalue weighted by Crippen LogP contribution is 2.09. The topological polar surface area (TPSA) is 70.1 Å². The van der Waals surface area contributed by atoms with Gasteiger partial charge in [-0.1, -0.05) is 35.9 Å². The Morgan fingerprint density at radius 3 is 2.71 bits per heavy atom. The maximum Gasteiger partial charge on any atom is 0.293 e. The molecule has 0 aliphatic rings. The number of hydrazone groups is 1. The first-order valence-corrected chi connectivity index (χ1v) is 6.64. The maximum atomic E-state index is 11.8. The van der Waals surface area contributed by atoms with Gasteiger partial charge in [-0.3, -0.25) is 10.2 Å². The molecule has 0 bridgehead atoms. The molecule has 0 fully saturated rings. The summed E-state index contributed by atoms with van der Waals surface area (Å²) in [5.74, 6) is 0.152. The van der Waals surface area contributed by atoms with E-state index >= 15 is 0 Å². The molecule has 1 aromatic heterocycles. The molecule has 6 heteroatoms. The van der Waals surface area contributed by atoms with Crippen molar-refractivity contribution in [3.8, 4) is 0 Å². The van der Waals surface area contributed by atoms with Crippen molar-refractivity contribution in [2.75, 3.05) is 5.43 Å². The summed E-state index contributed by atoms with van der Waals surface area (Å²) in [6.07, 6.45) is 1.59. The fourth-order valence-corrected chi connectivity index (χ4v) is 1.95. The SMILES string of the molecule is O=c1[nH]c2ccccc2nc1N/N=C/c1ccc(Cl)cc1. The molecule has 2 N–H and O–H groups in total. The summed E-state index contributed by atoms with van der Waals surface area (Å²) in [4.78, 5) is 18.8. The molecule has 2 aromatic carbocycles. The number of fused-ring (bicyclic) bond motifs is 1. The number of halogens is 1. The van der Waals surface area contributed by atoms with Crippen LogP contribution in [-0.4, -0.2) is 16.2 Å². The number of rotatable bonds is 3. The van der Waals surface area contributed by atoms with Crippen LogP contribution in [0.15, 0.2) is 58.4 Å². The van der Waals surface area contributed by atoms with Crippen molar-refractivity contribution in [3.63, 3.8) is 0 Å². The van der Waals surface area contributed by atoms with Crippen LogP contribution in [0.4, 0.5) is 5.82 Å². The summed E-state index contributed by atoms with van der Waals surface area (Å²) < 4.78 is 0. The maximum absolute atomic E-state index is 11.8. The second kappa shape index (κ2) is 5.76. The standard InChI is InChI=1S/C15H11ClN4O/c16-11-7-5-10(6-8-11)9-17-20-14-15(21)19-13-4-2-1-3-12(13)18-14/h1-9H,(H,18,20)(H,19,21)/b17-9+. The summed E-state index contributed by atoms with van der Waals surface area (Å²) in [6, 6.07) is 14.5. The third-order valence-electron chi connectivity index (χ3n) is 2.85. The number of nitrogens with one attached hydrogen (secondary N) is 2. The average Bonchev–Trinajstić information content (AvgIpc) is 2.50. The van der Waals surface area contributed by atoms with Gasteiger partial charge in [-0.15, -0.1) is 0 Å².